The van der Waals surface area contributed by atoms with E-state index in [9.17, 15) is 9.59 Å². The lowest BCUT2D eigenvalue weighted by Gasteiger charge is -2.15. The first kappa shape index (κ1) is 19.4. The molecule has 2 amide bonds. The van der Waals surface area contributed by atoms with E-state index in [0.717, 1.165) is 23.4 Å². The summed E-state index contributed by atoms with van der Waals surface area (Å²) in [6.45, 7) is 2.23. The molecular formula is C19H17ClN6O2S. The van der Waals surface area contributed by atoms with Crippen LogP contribution in [0.15, 0.2) is 47.6 Å². The van der Waals surface area contributed by atoms with E-state index < -0.39 is 0 Å². The van der Waals surface area contributed by atoms with E-state index >= 15 is 0 Å². The molecule has 0 unspecified atom stereocenters. The third-order valence-electron chi connectivity index (χ3n) is 4.48. The maximum absolute atomic E-state index is 12.4. The second kappa shape index (κ2) is 8.22. The summed E-state index contributed by atoms with van der Waals surface area (Å²) in [7, 11) is 0. The third kappa shape index (κ3) is 4.25. The van der Waals surface area contributed by atoms with Gasteiger partial charge in [0.2, 0.25) is 17.0 Å². The summed E-state index contributed by atoms with van der Waals surface area (Å²) < 4.78 is 1.56. The molecule has 0 saturated heterocycles. The summed E-state index contributed by atoms with van der Waals surface area (Å²) in [5, 5.41) is 15.7. The number of rotatable bonds is 5. The third-order valence-corrected chi connectivity index (χ3v) is 5.65. The maximum atomic E-state index is 12.4. The first-order valence-corrected chi connectivity index (χ1v) is 10.3. The van der Waals surface area contributed by atoms with E-state index in [-0.39, 0.29) is 17.6 Å². The molecule has 0 fully saturated rings. The second-order valence-corrected chi connectivity index (χ2v) is 7.83. The number of carbonyl (C=O) groups is 2. The van der Waals surface area contributed by atoms with Crippen molar-refractivity contribution in [2.45, 2.75) is 18.5 Å². The van der Waals surface area contributed by atoms with E-state index in [2.05, 4.69) is 20.8 Å². The predicted molar refractivity (Wildman–Crippen MR) is 112 cm³/mol. The minimum absolute atomic E-state index is 0.0235. The molecule has 0 spiro atoms. The molecule has 29 heavy (non-hydrogen) atoms. The SMILES string of the molecule is CC(=O)N1CCc2cc(NC(=O)CSc3nnnn3-c3ccc(Cl)cc3)ccc21. The number of aromatic nitrogens is 4. The number of nitrogens with zero attached hydrogens (tertiary/aromatic N) is 5. The Kier molecular flexibility index (Phi) is 5.50. The highest BCUT2D eigenvalue weighted by atomic mass is 35.5. The molecule has 8 nitrogen and oxygen atoms in total. The summed E-state index contributed by atoms with van der Waals surface area (Å²) in [4.78, 5) is 25.8. The van der Waals surface area contributed by atoms with Gasteiger partial charge >= 0.3 is 0 Å². The fourth-order valence-corrected chi connectivity index (χ4v) is 3.96. The van der Waals surface area contributed by atoms with E-state index in [4.69, 9.17) is 11.6 Å². The predicted octanol–water partition coefficient (Wildman–Crippen LogP) is 2.96. The number of hydrogen-bond acceptors (Lipinski definition) is 6. The van der Waals surface area contributed by atoms with Gasteiger partial charge in [-0.3, -0.25) is 9.59 Å². The van der Waals surface area contributed by atoms with Gasteiger partial charge in [-0.2, -0.15) is 4.68 Å². The zero-order valence-corrected chi connectivity index (χ0v) is 17.1. The Balaban J connectivity index is 1.39. The molecule has 0 aliphatic carbocycles. The Labute approximate surface area is 176 Å². The molecule has 0 bridgehead atoms. The average Bonchev–Trinajstić information content (AvgIpc) is 3.33. The highest BCUT2D eigenvalue weighted by Crippen LogP contribution is 2.30. The number of hydrogen-bond donors (Lipinski definition) is 1. The zero-order chi connectivity index (χ0) is 20.4. The first-order valence-electron chi connectivity index (χ1n) is 8.89. The monoisotopic (exact) mass is 428 g/mol. The molecule has 2 aromatic carbocycles. The van der Waals surface area contributed by atoms with Crippen molar-refractivity contribution in [3.63, 3.8) is 0 Å². The molecule has 1 aliphatic heterocycles. The minimum atomic E-state index is -0.165. The number of nitrogens with one attached hydrogen (secondary N) is 1. The fourth-order valence-electron chi connectivity index (χ4n) is 3.15. The second-order valence-electron chi connectivity index (χ2n) is 6.45. The van der Waals surface area contributed by atoms with Crippen LogP contribution in [0.4, 0.5) is 11.4 Å². The molecular weight excluding hydrogens is 412 g/mol. The molecule has 4 rings (SSSR count). The van der Waals surface area contributed by atoms with Gasteiger partial charge < -0.3 is 10.2 Å². The van der Waals surface area contributed by atoms with Crippen LogP contribution in [0.3, 0.4) is 0 Å². The molecule has 1 aromatic heterocycles. The van der Waals surface area contributed by atoms with Crippen LogP contribution in [0.25, 0.3) is 5.69 Å². The lowest BCUT2D eigenvalue weighted by atomic mass is 10.1. The molecule has 148 valence electrons. The van der Waals surface area contributed by atoms with Gasteiger partial charge in [-0.25, -0.2) is 0 Å². The average molecular weight is 429 g/mol. The van der Waals surface area contributed by atoms with E-state index in [1.54, 1.807) is 46.8 Å². The standard InChI is InChI=1S/C19H17ClN6O2S/c1-12(27)25-9-8-13-10-15(4-7-17(13)25)21-18(28)11-29-19-22-23-24-26(19)16-5-2-14(20)3-6-16/h2-7,10H,8-9,11H2,1H3,(H,21,28). The van der Waals surface area contributed by atoms with Crippen molar-refractivity contribution in [2.24, 2.45) is 0 Å². The number of carbonyl (C=O) groups excluding carboxylic acids is 2. The lowest BCUT2D eigenvalue weighted by molar-refractivity contribution is -0.116. The van der Waals surface area contributed by atoms with Crippen molar-refractivity contribution in [1.29, 1.82) is 0 Å². The Hall–Kier alpha value is -2.91. The van der Waals surface area contributed by atoms with Crippen molar-refractivity contribution in [1.82, 2.24) is 20.2 Å². The van der Waals surface area contributed by atoms with Crippen LogP contribution < -0.4 is 10.2 Å². The van der Waals surface area contributed by atoms with E-state index in [1.165, 1.54) is 11.8 Å². The molecule has 3 aromatic rings. The van der Waals surface area contributed by atoms with Crippen molar-refractivity contribution >= 4 is 46.6 Å². The number of tetrazole rings is 1. The van der Waals surface area contributed by atoms with Crippen LogP contribution in [0.5, 0.6) is 0 Å². The molecule has 0 radical (unpaired) electrons. The van der Waals surface area contributed by atoms with Gasteiger partial charge in [0.05, 0.1) is 11.4 Å². The Bertz CT molecular complexity index is 1070. The molecule has 0 atom stereocenters. The van der Waals surface area contributed by atoms with Crippen molar-refractivity contribution < 1.29 is 9.59 Å². The summed E-state index contributed by atoms with van der Waals surface area (Å²) in [6.07, 6.45) is 0.781. The van der Waals surface area contributed by atoms with E-state index in [1.807, 2.05) is 12.1 Å². The minimum Gasteiger partial charge on any atom is -0.325 e. The number of anilines is 2. The van der Waals surface area contributed by atoms with Gasteiger partial charge in [0.25, 0.3) is 0 Å². The Morgan fingerprint density at radius 3 is 2.76 bits per heavy atom. The smallest absolute Gasteiger partial charge is 0.234 e. The first-order chi connectivity index (χ1) is 14.0. The number of amides is 2. The lowest BCUT2D eigenvalue weighted by Crippen LogP contribution is -2.25. The largest absolute Gasteiger partial charge is 0.325 e. The van der Waals surface area contributed by atoms with Gasteiger partial charge in [-0.15, -0.1) is 5.10 Å². The highest BCUT2D eigenvalue weighted by Gasteiger charge is 2.22. The van der Waals surface area contributed by atoms with Gasteiger partial charge in [-0.1, -0.05) is 23.4 Å². The highest BCUT2D eigenvalue weighted by molar-refractivity contribution is 7.99. The van der Waals surface area contributed by atoms with Gasteiger partial charge in [0, 0.05) is 29.9 Å². The maximum Gasteiger partial charge on any atom is 0.234 e. The Morgan fingerprint density at radius 2 is 2.00 bits per heavy atom. The zero-order valence-electron chi connectivity index (χ0n) is 15.5. The normalized spacial score (nSPS) is 12.7. The van der Waals surface area contributed by atoms with Crippen LogP contribution in [-0.2, 0) is 16.0 Å². The van der Waals surface area contributed by atoms with Gasteiger partial charge in [-0.05, 0) is 64.9 Å². The number of thioether (sulfide) groups is 1. The van der Waals surface area contributed by atoms with Crippen molar-refractivity contribution in [3.05, 3.63) is 53.1 Å². The van der Waals surface area contributed by atoms with Crippen LogP contribution in [0.1, 0.15) is 12.5 Å². The quantitative estimate of drug-likeness (QED) is 0.628. The Morgan fingerprint density at radius 1 is 1.21 bits per heavy atom. The molecule has 10 heteroatoms. The summed E-state index contributed by atoms with van der Waals surface area (Å²) >= 11 is 7.15. The van der Waals surface area contributed by atoms with Gasteiger partial charge in [0.15, 0.2) is 0 Å². The number of benzene rings is 2. The van der Waals surface area contributed by atoms with Gasteiger partial charge in [0.1, 0.15) is 0 Å². The molecule has 1 N–H and O–H groups in total. The van der Waals surface area contributed by atoms with Crippen LogP contribution >= 0.6 is 23.4 Å². The summed E-state index contributed by atoms with van der Waals surface area (Å²) in [5.74, 6) is 0.0160. The van der Waals surface area contributed by atoms with Crippen molar-refractivity contribution in [2.75, 3.05) is 22.5 Å². The molecule has 1 aliphatic rings. The number of halogens is 1. The van der Waals surface area contributed by atoms with E-state index in [0.29, 0.717) is 22.4 Å². The topological polar surface area (TPSA) is 93.0 Å². The number of fused-ring (bicyclic) bond motifs is 1. The molecule has 0 saturated carbocycles. The van der Waals surface area contributed by atoms with Crippen LogP contribution in [-0.4, -0.2) is 44.3 Å². The summed E-state index contributed by atoms with van der Waals surface area (Å²) in [6, 6.07) is 12.7. The van der Waals surface area contributed by atoms with Crippen LogP contribution in [0.2, 0.25) is 5.02 Å². The van der Waals surface area contributed by atoms with Crippen LogP contribution in [0, 0.1) is 0 Å². The summed E-state index contributed by atoms with van der Waals surface area (Å²) in [5.41, 5.74) is 3.43. The molecule has 2 heterocycles. The fraction of sp³-hybridized carbons (Fsp3) is 0.211. The van der Waals surface area contributed by atoms with Crippen molar-refractivity contribution in [3.8, 4) is 5.69 Å².